The first kappa shape index (κ1) is 10.0. The molecule has 5 nitrogen and oxygen atoms in total. The highest BCUT2D eigenvalue weighted by molar-refractivity contribution is 5.92. The molecule has 1 amide bonds. The van der Waals surface area contributed by atoms with Crippen molar-refractivity contribution in [1.82, 2.24) is 15.3 Å². The van der Waals surface area contributed by atoms with Crippen LogP contribution < -0.4 is 10.6 Å². The number of anilines is 1. The smallest absolute Gasteiger partial charge is 0.230 e. The fourth-order valence-electron chi connectivity index (χ4n) is 1.74. The maximum absolute atomic E-state index is 11.8. The maximum atomic E-state index is 11.8. The zero-order valence-electron chi connectivity index (χ0n) is 8.60. The summed E-state index contributed by atoms with van der Waals surface area (Å²) in [6, 6.07) is 0. The van der Waals surface area contributed by atoms with Crippen molar-refractivity contribution in [2.75, 3.05) is 18.4 Å². The minimum absolute atomic E-state index is 0.0213. The maximum Gasteiger partial charge on any atom is 0.230 e. The molecule has 0 aromatic carbocycles. The fourth-order valence-corrected chi connectivity index (χ4v) is 1.74. The number of amides is 1. The highest BCUT2D eigenvalue weighted by Crippen LogP contribution is 2.17. The molecule has 0 radical (unpaired) electrons. The van der Waals surface area contributed by atoms with E-state index in [0.717, 1.165) is 13.1 Å². The van der Waals surface area contributed by atoms with E-state index in [9.17, 15) is 4.79 Å². The first-order valence-electron chi connectivity index (χ1n) is 5.05. The Bertz CT molecular complexity index is 341. The topological polar surface area (TPSA) is 66.9 Å². The van der Waals surface area contributed by atoms with Crippen molar-refractivity contribution in [1.29, 1.82) is 0 Å². The Morgan fingerprint density at radius 1 is 1.53 bits per heavy atom. The molecule has 1 saturated heterocycles. The summed E-state index contributed by atoms with van der Waals surface area (Å²) in [6.45, 7) is 3.72. The summed E-state index contributed by atoms with van der Waals surface area (Å²) in [6.07, 6.45) is 4.69. The average molecular weight is 206 g/mol. The molecule has 15 heavy (non-hydrogen) atoms. The number of carbonyl (C=O) groups excluding carboxylic acids is 1. The van der Waals surface area contributed by atoms with E-state index < -0.39 is 0 Å². The summed E-state index contributed by atoms with van der Waals surface area (Å²) >= 11 is 0. The number of hydrogen-bond donors (Lipinski definition) is 2. The quantitative estimate of drug-likeness (QED) is 0.729. The molecule has 2 rings (SSSR count). The molecule has 80 valence electrons. The lowest BCUT2D eigenvalue weighted by molar-refractivity contribution is -0.120. The second-order valence-electron chi connectivity index (χ2n) is 3.82. The van der Waals surface area contributed by atoms with Crippen LogP contribution in [-0.2, 0) is 4.79 Å². The van der Waals surface area contributed by atoms with Crippen molar-refractivity contribution < 1.29 is 4.79 Å². The molecule has 1 aliphatic rings. The van der Waals surface area contributed by atoms with Gasteiger partial charge in [0.05, 0.1) is 12.1 Å². The first-order valence-corrected chi connectivity index (χ1v) is 5.05. The summed E-state index contributed by atoms with van der Waals surface area (Å²) in [5, 5.41) is 5.95. The van der Waals surface area contributed by atoms with Gasteiger partial charge in [0.15, 0.2) is 5.82 Å². The molecule has 0 saturated carbocycles. The molecule has 0 aliphatic carbocycles. The van der Waals surface area contributed by atoms with E-state index in [-0.39, 0.29) is 11.8 Å². The van der Waals surface area contributed by atoms with Gasteiger partial charge in [0.2, 0.25) is 5.91 Å². The van der Waals surface area contributed by atoms with Crippen molar-refractivity contribution in [3.63, 3.8) is 0 Å². The van der Waals surface area contributed by atoms with Gasteiger partial charge in [0.1, 0.15) is 0 Å². The van der Waals surface area contributed by atoms with E-state index >= 15 is 0 Å². The summed E-state index contributed by atoms with van der Waals surface area (Å²) in [5.41, 5.74) is 0. The normalized spacial score (nSPS) is 25.1. The Hall–Kier alpha value is -1.49. The van der Waals surface area contributed by atoms with Crippen LogP contribution in [0, 0.1) is 11.8 Å². The van der Waals surface area contributed by atoms with Crippen LogP contribution in [0.1, 0.15) is 6.92 Å². The summed E-state index contributed by atoms with van der Waals surface area (Å²) in [5.74, 6) is 0.947. The van der Waals surface area contributed by atoms with Gasteiger partial charge in [-0.3, -0.25) is 9.78 Å². The van der Waals surface area contributed by atoms with Crippen LogP contribution in [0.15, 0.2) is 18.6 Å². The van der Waals surface area contributed by atoms with Gasteiger partial charge >= 0.3 is 0 Å². The van der Waals surface area contributed by atoms with Gasteiger partial charge in [-0.2, -0.15) is 0 Å². The highest BCUT2D eigenvalue weighted by Gasteiger charge is 2.29. The summed E-state index contributed by atoms with van der Waals surface area (Å²) < 4.78 is 0. The largest absolute Gasteiger partial charge is 0.316 e. The Morgan fingerprint density at radius 3 is 3.00 bits per heavy atom. The Labute approximate surface area is 88.3 Å². The molecule has 1 aromatic rings. The molecule has 0 bridgehead atoms. The number of rotatable bonds is 2. The number of nitrogens with zero attached hydrogens (tertiary/aromatic N) is 2. The highest BCUT2D eigenvalue weighted by atomic mass is 16.2. The van der Waals surface area contributed by atoms with Crippen molar-refractivity contribution in [3.8, 4) is 0 Å². The average Bonchev–Trinajstić information content (AvgIpc) is 2.66. The Balaban J connectivity index is 1.98. The molecular weight excluding hydrogens is 192 g/mol. The molecule has 2 atom stereocenters. The van der Waals surface area contributed by atoms with E-state index in [1.165, 1.54) is 0 Å². The van der Waals surface area contributed by atoms with Crippen LogP contribution in [0.2, 0.25) is 0 Å². The van der Waals surface area contributed by atoms with Crippen LogP contribution >= 0.6 is 0 Å². The van der Waals surface area contributed by atoms with E-state index in [1.807, 2.05) is 0 Å². The van der Waals surface area contributed by atoms with Gasteiger partial charge in [-0.1, -0.05) is 6.92 Å². The van der Waals surface area contributed by atoms with E-state index in [4.69, 9.17) is 0 Å². The van der Waals surface area contributed by atoms with Crippen molar-refractivity contribution in [2.45, 2.75) is 6.92 Å². The van der Waals surface area contributed by atoms with Gasteiger partial charge < -0.3 is 10.6 Å². The minimum atomic E-state index is 0.0213. The number of carbonyl (C=O) groups is 1. The number of nitrogens with one attached hydrogen (secondary N) is 2. The molecule has 5 heteroatoms. The van der Waals surface area contributed by atoms with Gasteiger partial charge in [-0.15, -0.1) is 0 Å². The Kier molecular flexibility index (Phi) is 2.91. The minimum Gasteiger partial charge on any atom is -0.316 e. The van der Waals surface area contributed by atoms with Gasteiger partial charge in [-0.25, -0.2) is 4.98 Å². The molecular formula is C10H14N4O. The molecule has 2 heterocycles. The third-order valence-electron chi connectivity index (χ3n) is 2.67. The summed E-state index contributed by atoms with van der Waals surface area (Å²) in [7, 11) is 0. The van der Waals surface area contributed by atoms with Crippen LogP contribution in [0.4, 0.5) is 5.82 Å². The lowest BCUT2D eigenvalue weighted by Crippen LogP contribution is -2.28. The van der Waals surface area contributed by atoms with Gasteiger partial charge in [0.25, 0.3) is 0 Å². The number of aromatic nitrogens is 2. The third-order valence-corrected chi connectivity index (χ3v) is 2.67. The van der Waals surface area contributed by atoms with Gasteiger partial charge in [-0.05, 0) is 12.5 Å². The standard InChI is InChI=1S/C10H14N4O/c1-7-4-12-5-8(7)10(15)14-9-6-11-2-3-13-9/h2-3,6-8,12H,4-5H2,1H3,(H,13,14,15)/t7-,8-/m1/s1. The van der Waals surface area contributed by atoms with Crippen LogP contribution in [-0.4, -0.2) is 29.0 Å². The molecule has 0 spiro atoms. The van der Waals surface area contributed by atoms with Gasteiger partial charge in [0, 0.05) is 18.9 Å². The van der Waals surface area contributed by atoms with Crippen LogP contribution in [0.25, 0.3) is 0 Å². The SMILES string of the molecule is C[C@@H]1CNC[C@H]1C(=O)Nc1cnccn1. The zero-order chi connectivity index (χ0) is 10.7. The predicted molar refractivity (Wildman–Crippen MR) is 56.2 cm³/mol. The Morgan fingerprint density at radius 2 is 2.40 bits per heavy atom. The van der Waals surface area contributed by atoms with E-state index in [2.05, 4.69) is 27.5 Å². The zero-order valence-corrected chi connectivity index (χ0v) is 8.60. The predicted octanol–water partition coefficient (Wildman–Crippen LogP) is 0.271. The first-order chi connectivity index (χ1) is 7.27. The van der Waals surface area contributed by atoms with E-state index in [1.54, 1.807) is 18.6 Å². The van der Waals surface area contributed by atoms with Crippen molar-refractivity contribution in [3.05, 3.63) is 18.6 Å². The lowest BCUT2D eigenvalue weighted by atomic mass is 9.97. The monoisotopic (exact) mass is 206 g/mol. The summed E-state index contributed by atoms with van der Waals surface area (Å²) in [4.78, 5) is 19.7. The second kappa shape index (κ2) is 4.35. The second-order valence-corrected chi connectivity index (χ2v) is 3.82. The van der Waals surface area contributed by atoms with E-state index in [0.29, 0.717) is 11.7 Å². The molecule has 0 unspecified atom stereocenters. The molecule has 1 aromatic heterocycles. The molecule has 2 N–H and O–H groups in total. The number of hydrogen-bond acceptors (Lipinski definition) is 4. The lowest BCUT2D eigenvalue weighted by Gasteiger charge is -2.13. The van der Waals surface area contributed by atoms with Crippen LogP contribution in [0.5, 0.6) is 0 Å². The van der Waals surface area contributed by atoms with Crippen molar-refractivity contribution in [2.24, 2.45) is 11.8 Å². The van der Waals surface area contributed by atoms with Crippen LogP contribution in [0.3, 0.4) is 0 Å². The van der Waals surface area contributed by atoms with Crippen molar-refractivity contribution >= 4 is 11.7 Å². The fraction of sp³-hybridized carbons (Fsp3) is 0.500. The molecule has 1 aliphatic heterocycles. The molecule has 1 fully saturated rings. The third kappa shape index (κ3) is 2.30.